The van der Waals surface area contributed by atoms with E-state index in [4.69, 9.17) is 11.6 Å². The molecule has 2 N–H and O–H groups in total. The zero-order valence-corrected chi connectivity index (χ0v) is 22.2. The number of carbonyl (C=O) groups excluding carboxylic acids is 1. The van der Waals surface area contributed by atoms with E-state index >= 15 is 0 Å². The van der Waals surface area contributed by atoms with Gasteiger partial charge in [-0.05, 0) is 104 Å². The number of phenolic OH excluding ortho intramolecular Hbond substituents is 1. The maximum Gasteiger partial charge on any atom is 0.253 e. The van der Waals surface area contributed by atoms with Crippen molar-refractivity contribution in [3.05, 3.63) is 70.8 Å². The Bertz CT molecular complexity index is 1260. The van der Waals surface area contributed by atoms with E-state index in [2.05, 4.69) is 41.5 Å². The summed E-state index contributed by atoms with van der Waals surface area (Å²) in [5.74, 6) is 3.50. The first-order chi connectivity index (χ1) is 17.8. The van der Waals surface area contributed by atoms with Crippen LogP contribution in [0, 0.1) is 17.2 Å². The summed E-state index contributed by atoms with van der Waals surface area (Å²) in [4.78, 5) is 17.2. The maximum atomic E-state index is 13.1. The van der Waals surface area contributed by atoms with E-state index in [1.165, 1.54) is 11.1 Å². The number of allylic oxidation sites excluding steroid dienone is 1. The average molecular weight is 519 g/mol. The summed E-state index contributed by atoms with van der Waals surface area (Å²) in [5, 5.41) is 23.6. The van der Waals surface area contributed by atoms with Crippen LogP contribution in [0.5, 0.6) is 5.75 Å². The van der Waals surface area contributed by atoms with Gasteiger partial charge >= 0.3 is 0 Å². The summed E-state index contributed by atoms with van der Waals surface area (Å²) in [7, 11) is 2.09. The third-order valence-corrected chi connectivity index (χ3v) is 8.83. The number of likely N-dealkylation sites (N-methyl/N-ethyl adjacent to an activating group) is 1. The lowest BCUT2D eigenvalue weighted by Crippen LogP contribution is -2.49. The number of piperazine rings is 1. The van der Waals surface area contributed by atoms with Crippen molar-refractivity contribution in [2.24, 2.45) is 5.92 Å². The number of fused-ring (bicyclic) bond motifs is 3. The molecule has 2 aromatic carbocycles. The monoisotopic (exact) mass is 518 g/mol. The normalized spacial score (nSPS) is 27.8. The van der Waals surface area contributed by atoms with Crippen LogP contribution in [0.1, 0.15) is 59.2 Å². The quantitative estimate of drug-likeness (QED) is 0.571. The van der Waals surface area contributed by atoms with Crippen LogP contribution in [-0.4, -0.2) is 64.7 Å². The minimum Gasteiger partial charge on any atom is -0.508 e. The Balaban J connectivity index is 1.38. The highest BCUT2D eigenvalue weighted by Gasteiger charge is 2.50. The topological polar surface area (TPSA) is 64.0 Å². The van der Waals surface area contributed by atoms with Crippen molar-refractivity contribution in [2.45, 2.75) is 49.5 Å². The molecule has 3 atom stereocenters. The van der Waals surface area contributed by atoms with Gasteiger partial charge in [0.05, 0.1) is 0 Å². The molecule has 1 saturated carbocycles. The van der Waals surface area contributed by atoms with Gasteiger partial charge in [-0.1, -0.05) is 36.3 Å². The SMILES string of the molecule is CN1CCN(C(=O)c2cccc(/C=C/C[C@]34CC[C@@](O)(C#CCl)C[C@@H]3CCc3cc(O)ccc34)c2)CC1. The molecular formula is C31H35ClN2O3. The smallest absolute Gasteiger partial charge is 0.253 e. The van der Waals surface area contributed by atoms with Crippen molar-refractivity contribution in [1.82, 2.24) is 9.80 Å². The Kier molecular flexibility index (Phi) is 7.36. The van der Waals surface area contributed by atoms with Gasteiger partial charge in [-0.25, -0.2) is 0 Å². The standard InChI is InChI=1S/C31H35ClN2O3/c1-33-16-18-34(19-17-33)29(36)25-6-2-4-23(20-25)5-3-11-31-13-12-30(37,14-15-32)22-26(31)8-7-24-21-27(35)9-10-28(24)31/h2-6,9-10,20-21,26,35,37H,7-8,11-13,16-19,22H2,1H3/b5-3+/t26-,30+,31-/m0/s1. The molecule has 6 heteroatoms. The highest BCUT2D eigenvalue weighted by atomic mass is 35.5. The van der Waals surface area contributed by atoms with Crippen molar-refractivity contribution in [3.63, 3.8) is 0 Å². The van der Waals surface area contributed by atoms with Crippen molar-refractivity contribution < 1.29 is 15.0 Å². The summed E-state index contributed by atoms with van der Waals surface area (Å²) < 4.78 is 0. The van der Waals surface area contributed by atoms with Gasteiger partial charge in [0.25, 0.3) is 5.91 Å². The van der Waals surface area contributed by atoms with Crippen LogP contribution >= 0.6 is 11.6 Å². The molecule has 1 saturated heterocycles. The molecule has 37 heavy (non-hydrogen) atoms. The number of aliphatic hydroxyl groups is 1. The molecule has 3 aliphatic rings. The number of amides is 1. The zero-order valence-electron chi connectivity index (χ0n) is 21.4. The molecule has 194 valence electrons. The second-order valence-corrected chi connectivity index (χ2v) is 11.2. The summed E-state index contributed by atoms with van der Waals surface area (Å²) in [6, 6.07) is 13.6. The minimum atomic E-state index is -1.05. The molecule has 1 aliphatic heterocycles. The number of carbonyl (C=O) groups is 1. The summed E-state index contributed by atoms with van der Waals surface area (Å²) >= 11 is 5.69. The number of benzene rings is 2. The summed E-state index contributed by atoms with van der Waals surface area (Å²) in [5.41, 5.74) is 3.01. The van der Waals surface area contributed by atoms with Gasteiger partial charge in [-0.15, -0.1) is 0 Å². The van der Waals surface area contributed by atoms with Crippen LogP contribution in [0.2, 0.25) is 0 Å². The fourth-order valence-electron chi connectivity index (χ4n) is 6.63. The lowest BCUT2D eigenvalue weighted by molar-refractivity contribution is -0.00710. The van der Waals surface area contributed by atoms with E-state index in [0.29, 0.717) is 18.6 Å². The lowest BCUT2D eigenvalue weighted by Gasteiger charge is -2.52. The molecule has 0 spiro atoms. The number of aromatic hydroxyl groups is 1. The number of nitrogens with zero attached hydrogens (tertiary/aromatic N) is 2. The van der Waals surface area contributed by atoms with Gasteiger partial charge in [0.2, 0.25) is 0 Å². The Labute approximate surface area is 224 Å². The second kappa shape index (κ2) is 10.5. The number of hydrogen-bond donors (Lipinski definition) is 2. The Morgan fingerprint density at radius 2 is 1.97 bits per heavy atom. The molecule has 0 unspecified atom stereocenters. The van der Waals surface area contributed by atoms with E-state index in [9.17, 15) is 15.0 Å². The average Bonchev–Trinajstić information content (AvgIpc) is 2.89. The van der Waals surface area contributed by atoms with Crippen molar-refractivity contribution in [3.8, 4) is 17.0 Å². The van der Waals surface area contributed by atoms with Gasteiger partial charge in [0.15, 0.2) is 0 Å². The lowest BCUT2D eigenvalue weighted by atomic mass is 9.53. The van der Waals surface area contributed by atoms with Crippen molar-refractivity contribution in [2.75, 3.05) is 33.2 Å². The fourth-order valence-corrected chi connectivity index (χ4v) is 6.80. The predicted octanol–water partition coefficient (Wildman–Crippen LogP) is 4.80. The predicted molar refractivity (Wildman–Crippen MR) is 148 cm³/mol. The molecule has 0 aromatic heterocycles. The van der Waals surface area contributed by atoms with Crippen molar-refractivity contribution >= 4 is 23.6 Å². The van der Waals surface area contributed by atoms with Crippen LogP contribution in [0.15, 0.2) is 48.5 Å². The van der Waals surface area contributed by atoms with Gasteiger partial charge in [-0.2, -0.15) is 0 Å². The molecular weight excluding hydrogens is 484 g/mol. The Morgan fingerprint density at radius 1 is 1.16 bits per heavy atom. The van der Waals surface area contributed by atoms with E-state index in [1.807, 2.05) is 35.2 Å². The molecule has 1 amide bonds. The van der Waals surface area contributed by atoms with Crippen LogP contribution in [0.3, 0.4) is 0 Å². The highest BCUT2D eigenvalue weighted by Crippen LogP contribution is 2.55. The minimum absolute atomic E-state index is 0.0926. The fraction of sp³-hybridized carbons (Fsp3) is 0.452. The van der Waals surface area contributed by atoms with E-state index < -0.39 is 5.60 Å². The molecule has 2 aromatic rings. The number of rotatable bonds is 4. The van der Waals surface area contributed by atoms with E-state index in [1.54, 1.807) is 6.07 Å². The second-order valence-electron chi connectivity index (χ2n) is 11.0. The molecule has 1 heterocycles. The molecule has 5 nitrogen and oxygen atoms in total. The largest absolute Gasteiger partial charge is 0.508 e. The van der Waals surface area contributed by atoms with Gasteiger partial charge in [0.1, 0.15) is 11.4 Å². The molecule has 0 radical (unpaired) electrons. The third kappa shape index (κ3) is 5.29. The Morgan fingerprint density at radius 3 is 2.76 bits per heavy atom. The molecule has 0 bridgehead atoms. The highest BCUT2D eigenvalue weighted by molar-refractivity contribution is 6.30. The number of aryl methyl sites for hydroxylation is 1. The van der Waals surface area contributed by atoms with Crippen LogP contribution in [0.4, 0.5) is 0 Å². The number of phenols is 1. The summed E-state index contributed by atoms with van der Waals surface area (Å²) in [6.45, 7) is 3.32. The van der Waals surface area contributed by atoms with E-state index in [-0.39, 0.29) is 17.2 Å². The van der Waals surface area contributed by atoms with Gasteiger partial charge in [-0.3, -0.25) is 4.79 Å². The molecule has 2 aliphatic carbocycles. The first-order valence-corrected chi connectivity index (χ1v) is 13.6. The number of hydrogen-bond acceptors (Lipinski definition) is 4. The summed E-state index contributed by atoms with van der Waals surface area (Å²) in [6.07, 6.45) is 8.90. The maximum absolute atomic E-state index is 13.1. The van der Waals surface area contributed by atoms with Crippen LogP contribution in [0.25, 0.3) is 6.08 Å². The first-order valence-electron chi connectivity index (χ1n) is 13.2. The van der Waals surface area contributed by atoms with Gasteiger partial charge in [0, 0.05) is 42.5 Å². The van der Waals surface area contributed by atoms with E-state index in [0.717, 1.165) is 63.0 Å². The third-order valence-electron chi connectivity index (χ3n) is 8.73. The van der Waals surface area contributed by atoms with Crippen molar-refractivity contribution in [1.29, 1.82) is 0 Å². The zero-order chi connectivity index (χ0) is 26.0. The molecule has 5 rings (SSSR count). The van der Waals surface area contributed by atoms with Gasteiger partial charge < -0.3 is 20.0 Å². The number of halogens is 1. The molecule has 2 fully saturated rings. The first kappa shape index (κ1) is 25.9. The Hall–Kier alpha value is -2.78. The van der Waals surface area contributed by atoms with Crippen LogP contribution in [-0.2, 0) is 11.8 Å². The van der Waals surface area contributed by atoms with Crippen LogP contribution < -0.4 is 0 Å².